The lowest BCUT2D eigenvalue weighted by atomic mass is 9.98. The summed E-state index contributed by atoms with van der Waals surface area (Å²) in [5, 5.41) is 11.6. The Hall–Kier alpha value is -1.98. The van der Waals surface area contributed by atoms with Gasteiger partial charge in [-0.05, 0) is 29.5 Å². The molecule has 1 aromatic carbocycles. The molecule has 0 bridgehead atoms. The zero-order valence-corrected chi connectivity index (χ0v) is 9.61. The van der Waals surface area contributed by atoms with Crippen molar-refractivity contribution >= 4 is 22.9 Å². The number of benzene rings is 1. The summed E-state index contributed by atoms with van der Waals surface area (Å²) in [7, 11) is 0. The molecule has 3 heteroatoms. The molecule has 1 aliphatic heterocycles. The van der Waals surface area contributed by atoms with E-state index in [1.54, 1.807) is 6.08 Å². The van der Waals surface area contributed by atoms with Gasteiger partial charge in [0.25, 0.3) is 0 Å². The Morgan fingerprint density at radius 1 is 1.24 bits per heavy atom. The highest BCUT2D eigenvalue weighted by atomic mass is 35.5. The second-order valence-corrected chi connectivity index (χ2v) is 4.31. The molecular formula is C14H8ClNO. The van der Waals surface area contributed by atoms with Crippen LogP contribution in [0.5, 0.6) is 0 Å². The second-order valence-electron chi connectivity index (χ2n) is 3.87. The third kappa shape index (κ3) is 1.56. The number of hydrogen-bond donors (Lipinski definition) is 0. The number of nitriles is 1. The lowest BCUT2D eigenvalue weighted by Gasteiger charge is -2.23. The first-order valence-electron chi connectivity index (χ1n) is 5.25. The molecule has 0 radical (unpaired) electrons. The number of nitrogens with zero attached hydrogens (tertiary/aromatic N) is 1. The van der Waals surface area contributed by atoms with E-state index >= 15 is 0 Å². The van der Waals surface area contributed by atoms with Crippen LogP contribution in [0.3, 0.4) is 0 Å². The van der Waals surface area contributed by atoms with E-state index in [2.05, 4.69) is 6.07 Å². The topological polar surface area (TPSA) is 33.0 Å². The van der Waals surface area contributed by atoms with E-state index in [0.717, 1.165) is 16.0 Å². The van der Waals surface area contributed by atoms with E-state index < -0.39 is 0 Å². The number of fused-ring (bicyclic) bond motifs is 2. The first-order valence-corrected chi connectivity index (χ1v) is 5.63. The average Bonchev–Trinajstić information content (AvgIpc) is 2.38. The van der Waals surface area contributed by atoms with Gasteiger partial charge in [0, 0.05) is 15.8 Å². The number of rotatable bonds is 0. The molecule has 1 aliphatic carbocycles. The Kier molecular flexibility index (Phi) is 2.28. The van der Waals surface area contributed by atoms with Crippen LogP contribution < -0.4 is 10.4 Å². The molecule has 1 heterocycles. The van der Waals surface area contributed by atoms with Crippen molar-refractivity contribution in [3.05, 3.63) is 58.0 Å². The second kappa shape index (κ2) is 3.80. The van der Waals surface area contributed by atoms with Gasteiger partial charge in [0.05, 0.1) is 0 Å². The van der Waals surface area contributed by atoms with Gasteiger partial charge in [-0.15, -0.1) is 0 Å². The number of halogens is 1. The summed E-state index contributed by atoms with van der Waals surface area (Å²) in [6.07, 6.45) is 5.34. The molecule has 17 heavy (non-hydrogen) atoms. The van der Waals surface area contributed by atoms with Crippen LogP contribution in [0.1, 0.15) is 0 Å². The molecule has 0 saturated carbocycles. The summed E-state index contributed by atoms with van der Waals surface area (Å²) in [5.41, 5.74) is 1.01. The first kappa shape index (κ1) is 10.2. The minimum Gasteiger partial charge on any atom is -0.471 e. The van der Waals surface area contributed by atoms with Gasteiger partial charge in [-0.1, -0.05) is 29.8 Å². The van der Waals surface area contributed by atoms with Crippen molar-refractivity contribution in [2.24, 2.45) is 0 Å². The number of allylic oxidation sites excluding steroid dienone is 2. The molecule has 2 nitrogen and oxygen atoms in total. The third-order valence-electron chi connectivity index (χ3n) is 2.86. The molecule has 0 fully saturated rings. The fourth-order valence-electron chi connectivity index (χ4n) is 2.11. The van der Waals surface area contributed by atoms with Crippen molar-refractivity contribution < 1.29 is 4.74 Å². The number of hydrogen-bond acceptors (Lipinski definition) is 2. The zero-order chi connectivity index (χ0) is 11.8. The summed E-state index contributed by atoms with van der Waals surface area (Å²) in [6, 6.07) is 9.81. The highest BCUT2D eigenvalue weighted by molar-refractivity contribution is 6.32. The van der Waals surface area contributed by atoms with Crippen molar-refractivity contribution in [3.8, 4) is 6.07 Å². The monoisotopic (exact) mass is 241 g/mol. The fraction of sp³-hybridized carbons (Fsp3) is 0.0714. The Bertz CT molecular complexity index is 706. The van der Waals surface area contributed by atoms with Gasteiger partial charge in [-0.25, -0.2) is 0 Å². The summed E-state index contributed by atoms with van der Waals surface area (Å²) >= 11 is 6.00. The predicted molar refractivity (Wildman–Crippen MR) is 66.1 cm³/mol. The Morgan fingerprint density at radius 2 is 2.00 bits per heavy atom. The molecule has 82 valence electrons. The largest absolute Gasteiger partial charge is 0.471 e. The van der Waals surface area contributed by atoms with Crippen molar-refractivity contribution in [1.82, 2.24) is 0 Å². The zero-order valence-electron chi connectivity index (χ0n) is 8.85. The maximum absolute atomic E-state index is 9.09. The fourth-order valence-corrected chi connectivity index (χ4v) is 2.30. The van der Waals surface area contributed by atoms with E-state index in [0.29, 0.717) is 10.8 Å². The minimum absolute atomic E-state index is 0.206. The SMILES string of the molecule is N#CC1=c2ccccc2=C2C=C(Cl)C=CC2O1. The van der Waals surface area contributed by atoms with E-state index in [1.807, 2.05) is 36.4 Å². The van der Waals surface area contributed by atoms with Gasteiger partial charge >= 0.3 is 0 Å². The van der Waals surface area contributed by atoms with Crippen LogP contribution in [0, 0.1) is 11.3 Å². The van der Waals surface area contributed by atoms with Gasteiger partial charge in [-0.3, -0.25) is 0 Å². The van der Waals surface area contributed by atoms with Gasteiger partial charge in [0.2, 0.25) is 5.76 Å². The van der Waals surface area contributed by atoms with Gasteiger partial charge in [0.1, 0.15) is 12.2 Å². The van der Waals surface area contributed by atoms with Crippen LogP contribution in [0.2, 0.25) is 0 Å². The van der Waals surface area contributed by atoms with Crippen molar-refractivity contribution in [1.29, 1.82) is 5.26 Å². The maximum Gasteiger partial charge on any atom is 0.205 e. The van der Waals surface area contributed by atoms with Crippen LogP contribution in [0.15, 0.2) is 47.5 Å². The standard InChI is InChI=1S/C14H8ClNO/c15-9-5-6-13-12(7-9)10-3-1-2-4-11(10)14(8-16)17-13/h1-7,13H. The third-order valence-corrected chi connectivity index (χ3v) is 3.09. The van der Waals surface area contributed by atoms with Crippen molar-refractivity contribution in [2.45, 2.75) is 6.10 Å². The molecule has 1 atom stereocenters. The van der Waals surface area contributed by atoms with E-state index in [-0.39, 0.29) is 6.10 Å². The van der Waals surface area contributed by atoms with Crippen molar-refractivity contribution in [2.75, 3.05) is 0 Å². The quantitative estimate of drug-likeness (QED) is 0.691. The first-order chi connectivity index (χ1) is 8.29. The molecule has 0 saturated heterocycles. The maximum atomic E-state index is 9.09. The molecule has 1 unspecified atom stereocenters. The normalized spacial score (nSPS) is 20.9. The molecule has 0 amide bonds. The van der Waals surface area contributed by atoms with E-state index in [4.69, 9.17) is 21.6 Å². The lowest BCUT2D eigenvalue weighted by molar-refractivity contribution is 0.260. The van der Waals surface area contributed by atoms with Crippen LogP contribution in [0.4, 0.5) is 0 Å². The summed E-state index contributed by atoms with van der Waals surface area (Å²) in [5.74, 6) is 0.366. The summed E-state index contributed by atoms with van der Waals surface area (Å²) < 4.78 is 5.64. The molecule has 2 aliphatic rings. The Balaban J connectivity index is 2.45. The predicted octanol–water partition coefficient (Wildman–Crippen LogP) is 1.56. The molecule has 1 aromatic rings. The molecule has 0 aromatic heterocycles. The molecule has 0 spiro atoms. The van der Waals surface area contributed by atoms with Crippen LogP contribution in [-0.4, -0.2) is 6.10 Å². The highest BCUT2D eigenvalue weighted by Crippen LogP contribution is 2.24. The highest BCUT2D eigenvalue weighted by Gasteiger charge is 2.21. The smallest absolute Gasteiger partial charge is 0.205 e. The van der Waals surface area contributed by atoms with Gasteiger partial charge in [0.15, 0.2) is 0 Å². The molecule has 3 rings (SSSR count). The number of ether oxygens (including phenoxy) is 1. The van der Waals surface area contributed by atoms with Crippen molar-refractivity contribution in [3.63, 3.8) is 0 Å². The van der Waals surface area contributed by atoms with Gasteiger partial charge < -0.3 is 4.74 Å². The Labute approximate surface area is 103 Å². The molecular weight excluding hydrogens is 234 g/mol. The average molecular weight is 242 g/mol. The summed E-state index contributed by atoms with van der Waals surface area (Å²) in [4.78, 5) is 0. The summed E-state index contributed by atoms with van der Waals surface area (Å²) in [6.45, 7) is 0. The molecule has 0 N–H and O–H groups in total. The lowest BCUT2D eigenvalue weighted by Crippen LogP contribution is -2.38. The van der Waals surface area contributed by atoms with Crippen LogP contribution in [0.25, 0.3) is 11.3 Å². The van der Waals surface area contributed by atoms with Gasteiger partial charge in [-0.2, -0.15) is 5.26 Å². The minimum atomic E-state index is -0.206. The van der Waals surface area contributed by atoms with E-state index in [9.17, 15) is 0 Å². The van der Waals surface area contributed by atoms with Crippen LogP contribution in [-0.2, 0) is 4.74 Å². The Morgan fingerprint density at radius 3 is 2.76 bits per heavy atom. The van der Waals surface area contributed by atoms with E-state index in [1.165, 1.54) is 0 Å². The van der Waals surface area contributed by atoms with Crippen LogP contribution >= 0.6 is 11.6 Å².